The van der Waals surface area contributed by atoms with Crippen LogP contribution in [0.2, 0.25) is 0 Å². The quantitative estimate of drug-likeness (QED) is 0.463. The molecule has 0 aromatic heterocycles. The molecule has 0 amide bonds. The Hall–Kier alpha value is -1.86. The predicted octanol–water partition coefficient (Wildman–Crippen LogP) is 3.87. The summed E-state index contributed by atoms with van der Waals surface area (Å²) in [5.74, 6) is 0. The molecule has 0 aliphatic rings. The van der Waals surface area contributed by atoms with E-state index >= 15 is 0 Å². The lowest BCUT2D eigenvalue weighted by molar-refractivity contribution is -0.384. The third kappa shape index (κ3) is 3.30. The van der Waals surface area contributed by atoms with Gasteiger partial charge in [0.05, 0.1) is 16.0 Å². The molecule has 4 nitrogen and oxygen atoms in total. The monoisotopic (exact) mass is 250 g/mol. The molecule has 0 saturated heterocycles. The van der Waals surface area contributed by atoms with E-state index in [9.17, 15) is 10.1 Å². The van der Waals surface area contributed by atoms with Crippen molar-refractivity contribution in [3.63, 3.8) is 0 Å². The van der Waals surface area contributed by atoms with Crippen molar-refractivity contribution in [2.45, 2.75) is 19.8 Å². The summed E-state index contributed by atoms with van der Waals surface area (Å²) < 4.78 is 0. The minimum atomic E-state index is -0.487. The van der Waals surface area contributed by atoms with E-state index in [1.165, 1.54) is 12.1 Å². The van der Waals surface area contributed by atoms with Gasteiger partial charge in [-0.3, -0.25) is 10.1 Å². The van der Waals surface area contributed by atoms with Gasteiger partial charge in [-0.2, -0.15) is 5.26 Å². The molecule has 0 N–H and O–H groups in total. The van der Waals surface area contributed by atoms with Crippen molar-refractivity contribution in [2.24, 2.45) is 0 Å². The van der Waals surface area contributed by atoms with E-state index in [1.54, 1.807) is 12.1 Å². The average molecular weight is 251 g/mol. The van der Waals surface area contributed by atoms with Crippen molar-refractivity contribution in [2.75, 3.05) is 0 Å². The number of non-ortho nitro benzene ring substituents is 1. The highest BCUT2D eigenvalue weighted by Gasteiger charge is 2.10. The largest absolute Gasteiger partial charge is 0.270 e. The minimum Gasteiger partial charge on any atom is -0.258 e. The highest BCUT2D eigenvalue weighted by Crippen LogP contribution is 2.27. The van der Waals surface area contributed by atoms with E-state index < -0.39 is 4.92 Å². The number of halogens is 1. The van der Waals surface area contributed by atoms with Gasteiger partial charge in [-0.25, -0.2) is 0 Å². The Kier molecular flexibility index (Phi) is 4.68. The van der Waals surface area contributed by atoms with E-state index in [2.05, 4.69) is 0 Å². The maximum atomic E-state index is 10.6. The number of nitrogens with zero attached hydrogens (tertiary/aromatic N) is 2. The van der Waals surface area contributed by atoms with E-state index in [0.29, 0.717) is 17.6 Å². The van der Waals surface area contributed by atoms with E-state index in [4.69, 9.17) is 16.9 Å². The molecule has 0 heterocycles. The third-order valence-corrected chi connectivity index (χ3v) is 2.66. The Balaban J connectivity index is 3.20. The first-order valence-electron chi connectivity index (χ1n) is 5.13. The van der Waals surface area contributed by atoms with Gasteiger partial charge in [-0.1, -0.05) is 37.1 Å². The lowest BCUT2D eigenvalue weighted by Gasteiger charge is -2.02. The summed E-state index contributed by atoms with van der Waals surface area (Å²) in [7, 11) is 0. The summed E-state index contributed by atoms with van der Waals surface area (Å²) in [5, 5.41) is 19.9. The molecular formula is C12H11ClN2O2. The molecule has 88 valence electrons. The first-order chi connectivity index (χ1) is 8.10. The van der Waals surface area contributed by atoms with Crippen LogP contribution in [0.5, 0.6) is 0 Å². The Morgan fingerprint density at radius 2 is 2.29 bits per heavy atom. The maximum Gasteiger partial charge on any atom is 0.270 e. The summed E-state index contributed by atoms with van der Waals surface area (Å²) in [6, 6.07) is 7.99. The van der Waals surface area contributed by atoms with Crippen LogP contribution in [0.4, 0.5) is 5.69 Å². The summed E-state index contributed by atoms with van der Waals surface area (Å²) in [4.78, 5) is 10.1. The Labute approximate surface area is 104 Å². The second-order valence-corrected chi connectivity index (χ2v) is 3.84. The summed E-state index contributed by atoms with van der Waals surface area (Å²) >= 11 is 6.06. The SMILES string of the molecule is CCCC(C#N)=C(Cl)c1cccc([N+](=O)[O-])c1. The molecule has 0 fully saturated rings. The standard InChI is InChI=1S/C12H11ClN2O2/c1-2-4-10(8-14)12(13)9-5-3-6-11(7-9)15(16)17/h3,5-7H,2,4H2,1H3. The molecule has 1 aromatic carbocycles. The van der Waals surface area contributed by atoms with Gasteiger partial charge < -0.3 is 0 Å². The Morgan fingerprint density at radius 1 is 1.59 bits per heavy atom. The fraction of sp³-hybridized carbons (Fsp3) is 0.250. The highest BCUT2D eigenvalue weighted by molar-refractivity contribution is 6.49. The van der Waals surface area contributed by atoms with Crippen LogP contribution in [0, 0.1) is 21.4 Å². The first-order valence-corrected chi connectivity index (χ1v) is 5.51. The molecule has 1 aromatic rings. The second-order valence-electron chi connectivity index (χ2n) is 3.46. The van der Waals surface area contributed by atoms with Crippen molar-refractivity contribution in [1.82, 2.24) is 0 Å². The van der Waals surface area contributed by atoms with Crippen molar-refractivity contribution in [3.8, 4) is 6.07 Å². The summed E-state index contributed by atoms with van der Waals surface area (Å²) in [6.07, 6.45) is 1.37. The zero-order valence-corrected chi connectivity index (χ0v) is 10.1. The van der Waals surface area contributed by atoms with Gasteiger partial charge in [-0.15, -0.1) is 0 Å². The number of allylic oxidation sites excluding steroid dienone is 1. The van der Waals surface area contributed by atoms with Crippen molar-refractivity contribution in [3.05, 3.63) is 45.5 Å². The predicted molar refractivity (Wildman–Crippen MR) is 66.4 cm³/mol. The zero-order valence-electron chi connectivity index (χ0n) is 9.31. The summed E-state index contributed by atoms with van der Waals surface area (Å²) in [6.45, 7) is 1.94. The number of nitriles is 1. The molecule has 5 heteroatoms. The van der Waals surface area contributed by atoms with Crippen LogP contribution in [-0.4, -0.2) is 4.92 Å². The second kappa shape index (κ2) is 6.02. The fourth-order valence-electron chi connectivity index (χ4n) is 1.39. The van der Waals surface area contributed by atoms with E-state index in [1.807, 2.05) is 13.0 Å². The van der Waals surface area contributed by atoms with Crippen molar-refractivity contribution in [1.29, 1.82) is 5.26 Å². The van der Waals surface area contributed by atoms with E-state index in [0.717, 1.165) is 6.42 Å². The van der Waals surface area contributed by atoms with Gasteiger partial charge in [0.25, 0.3) is 5.69 Å². The molecule has 0 radical (unpaired) electrons. The molecule has 0 bridgehead atoms. The van der Waals surface area contributed by atoms with Gasteiger partial charge in [-0.05, 0) is 6.42 Å². The molecular weight excluding hydrogens is 240 g/mol. The van der Waals surface area contributed by atoms with Gasteiger partial charge in [0.2, 0.25) is 0 Å². The van der Waals surface area contributed by atoms with Crippen LogP contribution in [0.1, 0.15) is 25.3 Å². The fourth-order valence-corrected chi connectivity index (χ4v) is 1.65. The minimum absolute atomic E-state index is 0.0329. The van der Waals surface area contributed by atoms with E-state index in [-0.39, 0.29) is 10.7 Å². The number of nitro benzene ring substituents is 1. The first kappa shape index (κ1) is 13.2. The smallest absolute Gasteiger partial charge is 0.258 e. The van der Waals surface area contributed by atoms with Crippen LogP contribution in [0.3, 0.4) is 0 Å². The van der Waals surface area contributed by atoms with Gasteiger partial charge in [0, 0.05) is 23.3 Å². The van der Waals surface area contributed by atoms with Crippen molar-refractivity contribution >= 4 is 22.3 Å². The molecule has 0 aliphatic heterocycles. The number of hydrogen-bond acceptors (Lipinski definition) is 3. The molecule has 0 spiro atoms. The molecule has 0 atom stereocenters. The Bertz CT molecular complexity index is 503. The Morgan fingerprint density at radius 3 is 2.82 bits per heavy atom. The third-order valence-electron chi connectivity index (χ3n) is 2.21. The number of rotatable bonds is 4. The molecule has 0 unspecified atom stereocenters. The average Bonchev–Trinajstić information content (AvgIpc) is 2.35. The molecule has 0 saturated carbocycles. The number of hydrogen-bond donors (Lipinski definition) is 0. The maximum absolute atomic E-state index is 10.6. The lowest BCUT2D eigenvalue weighted by Crippen LogP contribution is -1.90. The van der Waals surface area contributed by atoms with Gasteiger partial charge in [0.1, 0.15) is 0 Å². The van der Waals surface area contributed by atoms with Crippen LogP contribution in [0.25, 0.3) is 5.03 Å². The van der Waals surface area contributed by atoms with Gasteiger partial charge >= 0.3 is 0 Å². The number of benzene rings is 1. The van der Waals surface area contributed by atoms with Crippen LogP contribution in [0.15, 0.2) is 29.8 Å². The molecule has 1 rings (SSSR count). The number of nitro groups is 1. The topological polar surface area (TPSA) is 66.9 Å². The van der Waals surface area contributed by atoms with Gasteiger partial charge in [0.15, 0.2) is 0 Å². The van der Waals surface area contributed by atoms with Crippen LogP contribution >= 0.6 is 11.6 Å². The van der Waals surface area contributed by atoms with Crippen LogP contribution in [-0.2, 0) is 0 Å². The lowest BCUT2D eigenvalue weighted by atomic mass is 10.1. The normalized spacial score (nSPS) is 11.6. The highest BCUT2D eigenvalue weighted by atomic mass is 35.5. The van der Waals surface area contributed by atoms with Crippen molar-refractivity contribution < 1.29 is 4.92 Å². The van der Waals surface area contributed by atoms with Crippen LogP contribution < -0.4 is 0 Å². The zero-order chi connectivity index (χ0) is 12.8. The summed E-state index contributed by atoms with van der Waals surface area (Å²) in [5.41, 5.74) is 0.926. The molecule has 0 aliphatic carbocycles. The molecule has 17 heavy (non-hydrogen) atoms.